The van der Waals surface area contributed by atoms with Gasteiger partial charge in [0.05, 0.1) is 6.10 Å². The number of aliphatic hydroxyl groups is 1. The second kappa shape index (κ2) is 6.59. The Hall–Kier alpha value is -2.40. The van der Waals surface area contributed by atoms with Crippen LogP contribution >= 0.6 is 0 Å². The Bertz CT molecular complexity index is 1120. The largest absolute Gasteiger partial charge is 0.461 e. The van der Waals surface area contributed by atoms with Gasteiger partial charge in [-0.05, 0) is 61.1 Å². The van der Waals surface area contributed by atoms with Gasteiger partial charge in [0, 0.05) is 16.8 Å². The van der Waals surface area contributed by atoms with E-state index in [0.29, 0.717) is 0 Å². The molecule has 4 nitrogen and oxygen atoms in total. The van der Waals surface area contributed by atoms with Gasteiger partial charge in [-0.2, -0.15) is 0 Å². The van der Waals surface area contributed by atoms with Crippen LogP contribution in [0.1, 0.15) is 13.3 Å². The summed E-state index contributed by atoms with van der Waals surface area (Å²) in [4.78, 5) is 2.05. The molecule has 144 valence electrons. The molecule has 4 aromatic rings. The molecule has 0 aliphatic carbocycles. The molecule has 0 spiro atoms. The molecule has 0 amide bonds. The van der Waals surface area contributed by atoms with Crippen molar-refractivity contribution in [3.8, 4) is 5.75 Å². The summed E-state index contributed by atoms with van der Waals surface area (Å²) in [5, 5.41) is 18.0. The van der Waals surface area contributed by atoms with Gasteiger partial charge < -0.3 is 19.5 Å². The quantitative estimate of drug-likeness (QED) is 0.539. The van der Waals surface area contributed by atoms with Crippen LogP contribution in [0, 0.1) is 0 Å². The van der Waals surface area contributed by atoms with Crippen LogP contribution in [0.5, 0.6) is 5.75 Å². The van der Waals surface area contributed by atoms with Gasteiger partial charge in [0.2, 0.25) is 6.29 Å². The van der Waals surface area contributed by atoms with Crippen LogP contribution in [-0.4, -0.2) is 48.6 Å². The molecule has 1 heterocycles. The molecule has 0 bridgehead atoms. The number of ether oxygens (including phenoxy) is 2. The third-order valence-electron chi connectivity index (χ3n) is 6.01. The monoisotopic (exact) mass is 375 g/mol. The average Bonchev–Trinajstić information content (AvgIpc) is 2.69. The summed E-state index contributed by atoms with van der Waals surface area (Å²) in [5.41, 5.74) is 0. The Labute approximate surface area is 164 Å². The first-order valence-electron chi connectivity index (χ1n) is 9.86. The first kappa shape index (κ1) is 17.7. The Morgan fingerprint density at radius 2 is 1.57 bits per heavy atom. The molecule has 4 atom stereocenters. The smallest absolute Gasteiger partial charge is 0.227 e. The number of hydrogen-bond donors (Lipinski definition) is 1. The standard InChI is InChI=1S/C24H25NO3/c1-14-13-19(25(2)3)23(26)24(27-14)28-20-12-10-17-8-7-15-5-4-6-16-9-11-18(20)22(17)21(15)16/h4-12,14,19,23-24,26H,13H2,1-3H3/t14?,19?,23?,24-/m0/s1. The SMILES string of the molecule is CC1CC(N(C)C)C(O)[C@H](Oc2ccc3ccc4cccc5ccc2c3c45)O1. The molecule has 0 saturated carbocycles. The number of rotatable bonds is 3. The summed E-state index contributed by atoms with van der Waals surface area (Å²) >= 11 is 0. The van der Waals surface area contributed by atoms with E-state index in [1.165, 1.54) is 26.9 Å². The minimum Gasteiger partial charge on any atom is -0.461 e. The summed E-state index contributed by atoms with van der Waals surface area (Å²) in [6.07, 6.45) is -0.577. The van der Waals surface area contributed by atoms with Crippen LogP contribution in [0.25, 0.3) is 32.3 Å². The third kappa shape index (κ3) is 2.72. The normalized spacial score (nSPS) is 25.9. The molecule has 1 N–H and O–H groups in total. The van der Waals surface area contributed by atoms with Gasteiger partial charge in [-0.3, -0.25) is 0 Å². The molecule has 4 aromatic carbocycles. The molecule has 5 rings (SSSR count). The number of benzene rings is 4. The maximum Gasteiger partial charge on any atom is 0.227 e. The lowest BCUT2D eigenvalue weighted by Crippen LogP contribution is -2.55. The average molecular weight is 375 g/mol. The summed E-state index contributed by atoms with van der Waals surface area (Å²) in [5.74, 6) is 0.751. The fraction of sp³-hybridized carbons (Fsp3) is 0.333. The van der Waals surface area contributed by atoms with Crippen molar-refractivity contribution in [1.29, 1.82) is 0 Å². The van der Waals surface area contributed by atoms with E-state index < -0.39 is 12.4 Å². The molecule has 3 unspecified atom stereocenters. The zero-order chi connectivity index (χ0) is 19.4. The predicted molar refractivity (Wildman–Crippen MR) is 113 cm³/mol. The van der Waals surface area contributed by atoms with Gasteiger partial charge in [0.1, 0.15) is 11.9 Å². The molecule has 4 heteroatoms. The zero-order valence-corrected chi connectivity index (χ0v) is 16.4. The first-order valence-corrected chi connectivity index (χ1v) is 9.86. The number of nitrogens with zero attached hydrogens (tertiary/aromatic N) is 1. The lowest BCUT2D eigenvalue weighted by molar-refractivity contribution is -0.217. The van der Waals surface area contributed by atoms with Crippen molar-refractivity contribution in [3.05, 3.63) is 54.6 Å². The van der Waals surface area contributed by atoms with Crippen molar-refractivity contribution in [2.75, 3.05) is 14.1 Å². The Morgan fingerprint density at radius 3 is 2.29 bits per heavy atom. The van der Waals surface area contributed by atoms with Crippen molar-refractivity contribution in [3.63, 3.8) is 0 Å². The summed E-state index contributed by atoms with van der Waals surface area (Å²) < 4.78 is 12.3. The maximum absolute atomic E-state index is 10.8. The zero-order valence-electron chi connectivity index (χ0n) is 16.4. The fourth-order valence-corrected chi connectivity index (χ4v) is 4.58. The second-order valence-corrected chi connectivity index (χ2v) is 8.11. The molecule has 1 aliphatic heterocycles. The summed E-state index contributed by atoms with van der Waals surface area (Å²) in [6.45, 7) is 2.03. The van der Waals surface area contributed by atoms with Gasteiger partial charge in [-0.25, -0.2) is 0 Å². The first-order chi connectivity index (χ1) is 13.5. The number of aliphatic hydroxyl groups excluding tert-OH is 1. The van der Waals surface area contributed by atoms with Crippen molar-refractivity contribution in [2.45, 2.75) is 37.9 Å². The maximum atomic E-state index is 10.8. The van der Waals surface area contributed by atoms with Crippen molar-refractivity contribution >= 4 is 32.3 Å². The van der Waals surface area contributed by atoms with Crippen molar-refractivity contribution in [2.24, 2.45) is 0 Å². The minimum absolute atomic E-state index is 0.00790. The Balaban J connectivity index is 1.61. The third-order valence-corrected chi connectivity index (χ3v) is 6.01. The lowest BCUT2D eigenvalue weighted by atomic mass is 9.94. The minimum atomic E-state index is -0.704. The highest BCUT2D eigenvalue weighted by Crippen LogP contribution is 2.39. The van der Waals surface area contributed by atoms with Gasteiger partial charge >= 0.3 is 0 Å². The topological polar surface area (TPSA) is 41.9 Å². The van der Waals surface area contributed by atoms with Gasteiger partial charge in [0.25, 0.3) is 0 Å². The van der Waals surface area contributed by atoms with Crippen LogP contribution in [0.4, 0.5) is 0 Å². The lowest BCUT2D eigenvalue weighted by Gasteiger charge is -2.41. The van der Waals surface area contributed by atoms with Gasteiger partial charge in [-0.15, -0.1) is 0 Å². The van der Waals surface area contributed by atoms with E-state index in [0.717, 1.165) is 17.6 Å². The van der Waals surface area contributed by atoms with Crippen LogP contribution in [0.3, 0.4) is 0 Å². The van der Waals surface area contributed by atoms with E-state index in [1.807, 2.05) is 32.0 Å². The van der Waals surface area contributed by atoms with Crippen LogP contribution in [0.2, 0.25) is 0 Å². The molecule has 1 aliphatic rings. The van der Waals surface area contributed by atoms with Gasteiger partial charge in [0.15, 0.2) is 0 Å². The van der Waals surface area contributed by atoms with E-state index in [9.17, 15) is 5.11 Å². The number of hydrogen-bond acceptors (Lipinski definition) is 4. The van der Waals surface area contributed by atoms with E-state index in [2.05, 4.69) is 48.5 Å². The molecule has 1 fully saturated rings. The van der Waals surface area contributed by atoms with Crippen LogP contribution in [0.15, 0.2) is 54.6 Å². The van der Waals surface area contributed by atoms with E-state index in [1.54, 1.807) is 0 Å². The fourth-order valence-electron chi connectivity index (χ4n) is 4.58. The van der Waals surface area contributed by atoms with Crippen molar-refractivity contribution in [1.82, 2.24) is 4.90 Å². The molecule has 0 radical (unpaired) electrons. The van der Waals surface area contributed by atoms with Gasteiger partial charge in [-0.1, -0.05) is 42.5 Å². The van der Waals surface area contributed by atoms with E-state index >= 15 is 0 Å². The molecular formula is C24H25NO3. The Kier molecular flexibility index (Phi) is 4.16. The van der Waals surface area contributed by atoms with Crippen molar-refractivity contribution < 1.29 is 14.6 Å². The molecule has 1 saturated heterocycles. The molecular weight excluding hydrogens is 350 g/mol. The number of likely N-dealkylation sites (N-methyl/N-ethyl adjacent to an activating group) is 1. The highest BCUT2D eigenvalue weighted by atomic mass is 16.7. The molecule has 0 aromatic heterocycles. The van der Waals surface area contributed by atoms with Crippen LogP contribution < -0.4 is 4.74 Å². The summed E-state index contributed by atoms with van der Waals surface area (Å²) in [6, 6.07) is 19.0. The second-order valence-electron chi connectivity index (χ2n) is 8.11. The highest BCUT2D eigenvalue weighted by Gasteiger charge is 2.39. The molecule has 28 heavy (non-hydrogen) atoms. The predicted octanol–water partition coefficient (Wildman–Crippen LogP) is 4.39. The van der Waals surface area contributed by atoms with E-state index in [-0.39, 0.29) is 12.1 Å². The summed E-state index contributed by atoms with van der Waals surface area (Å²) in [7, 11) is 3.97. The van der Waals surface area contributed by atoms with Crippen LogP contribution in [-0.2, 0) is 4.74 Å². The highest BCUT2D eigenvalue weighted by molar-refractivity contribution is 6.24. The Morgan fingerprint density at radius 1 is 0.929 bits per heavy atom. The van der Waals surface area contributed by atoms with E-state index in [4.69, 9.17) is 9.47 Å².